The SMILES string of the molecule is CC1CCCN(C(=O)N2CCCCC2C(=O)O)C1. The van der Waals surface area contributed by atoms with Crippen LogP contribution in [0.3, 0.4) is 0 Å². The minimum absolute atomic E-state index is 0.0753. The number of hydrogen-bond donors (Lipinski definition) is 1. The van der Waals surface area contributed by atoms with Crippen LogP contribution in [0.1, 0.15) is 39.0 Å². The van der Waals surface area contributed by atoms with Gasteiger partial charge in [0.25, 0.3) is 0 Å². The number of rotatable bonds is 1. The summed E-state index contributed by atoms with van der Waals surface area (Å²) in [6.07, 6.45) is 4.59. The van der Waals surface area contributed by atoms with Gasteiger partial charge in [-0.1, -0.05) is 6.92 Å². The van der Waals surface area contributed by atoms with Gasteiger partial charge < -0.3 is 14.9 Å². The van der Waals surface area contributed by atoms with E-state index >= 15 is 0 Å². The molecule has 18 heavy (non-hydrogen) atoms. The predicted octanol–water partition coefficient (Wildman–Crippen LogP) is 1.78. The van der Waals surface area contributed by atoms with Crippen LogP contribution in [0.4, 0.5) is 4.79 Å². The van der Waals surface area contributed by atoms with Crippen molar-refractivity contribution >= 4 is 12.0 Å². The highest BCUT2D eigenvalue weighted by atomic mass is 16.4. The van der Waals surface area contributed by atoms with Crippen molar-refractivity contribution in [3.63, 3.8) is 0 Å². The molecule has 5 nitrogen and oxygen atoms in total. The van der Waals surface area contributed by atoms with Crippen molar-refractivity contribution in [3.05, 3.63) is 0 Å². The van der Waals surface area contributed by atoms with Crippen LogP contribution in [-0.2, 0) is 4.79 Å². The van der Waals surface area contributed by atoms with Gasteiger partial charge in [0.1, 0.15) is 6.04 Å². The number of likely N-dealkylation sites (tertiary alicyclic amines) is 2. The summed E-state index contributed by atoms with van der Waals surface area (Å²) in [4.78, 5) is 27.0. The summed E-state index contributed by atoms with van der Waals surface area (Å²) in [5, 5.41) is 9.20. The van der Waals surface area contributed by atoms with E-state index in [4.69, 9.17) is 0 Å². The maximum Gasteiger partial charge on any atom is 0.326 e. The van der Waals surface area contributed by atoms with Crippen LogP contribution >= 0.6 is 0 Å². The van der Waals surface area contributed by atoms with Crippen molar-refractivity contribution in [2.45, 2.75) is 45.1 Å². The summed E-state index contributed by atoms with van der Waals surface area (Å²) in [7, 11) is 0. The van der Waals surface area contributed by atoms with Crippen molar-refractivity contribution in [2.75, 3.05) is 19.6 Å². The fourth-order valence-corrected chi connectivity index (χ4v) is 2.96. The van der Waals surface area contributed by atoms with Crippen LogP contribution in [-0.4, -0.2) is 52.6 Å². The van der Waals surface area contributed by atoms with Gasteiger partial charge in [-0.3, -0.25) is 0 Å². The maximum atomic E-state index is 12.4. The fourth-order valence-electron chi connectivity index (χ4n) is 2.96. The highest BCUT2D eigenvalue weighted by Gasteiger charge is 2.35. The van der Waals surface area contributed by atoms with Gasteiger partial charge in [-0.2, -0.15) is 0 Å². The van der Waals surface area contributed by atoms with E-state index in [-0.39, 0.29) is 6.03 Å². The summed E-state index contributed by atoms with van der Waals surface area (Å²) in [5.74, 6) is -0.344. The average Bonchev–Trinajstić information content (AvgIpc) is 2.38. The van der Waals surface area contributed by atoms with Crippen molar-refractivity contribution in [3.8, 4) is 0 Å². The van der Waals surface area contributed by atoms with Crippen LogP contribution in [0.5, 0.6) is 0 Å². The number of amides is 2. The average molecular weight is 254 g/mol. The first-order valence-corrected chi connectivity index (χ1v) is 6.88. The molecule has 0 bridgehead atoms. The first kappa shape index (κ1) is 13.2. The fraction of sp³-hybridized carbons (Fsp3) is 0.846. The first-order valence-electron chi connectivity index (χ1n) is 6.88. The maximum absolute atomic E-state index is 12.4. The van der Waals surface area contributed by atoms with Gasteiger partial charge in [-0.15, -0.1) is 0 Å². The van der Waals surface area contributed by atoms with Gasteiger partial charge >= 0.3 is 12.0 Å². The van der Waals surface area contributed by atoms with Gasteiger partial charge in [0.05, 0.1) is 0 Å². The van der Waals surface area contributed by atoms with Crippen molar-refractivity contribution in [1.29, 1.82) is 0 Å². The molecule has 0 saturated carbocycles. The summed E-state index contributed by atoms with van der Waals surface area (Å²) in [5.41, 5.74) is 0. The van der Waals surface area contributed by atoms with Gasteiger partial charge in [0, 0.05) is 19.6 Å². The molecule has 5 heteroatoms. The van der Waals surface area contributed by atoms with Gasteiger partial charge in [-0.25, -0.2) is 9.59 Å². The summed E-state index contributed by atoms with van der Waals surface area (Å²) in [6, 6.07) is -0.697. The topological polar surface area (TPSA) is 60.9 Å². The molecule has 0 aromatic rings. The Kier molecular flexibility index (Phi) is 4.09. The minimum Gasteiger partial charge on any atom is -0.480 e. The number of urea groups is 1. The smallest absolute Gasteiger partial charge is 0.326 e. The minimum atomic E-state index is -0.867. The third kappa shape index (κ3) is 2.76. The number of carbonyl (C=O) groups is 2. The quantitative estimate of drug-likeness (QED) is 0.776. The number of carboxylic acids is 1. The lowest BCUT2D eigenvalue weighted by molar-refractivity contribution is -0.143. The van der Waals surface area contributed by atoms with E-state index in [0.717, 1.165) is 38.8 Å². The molecule has 2 atom stereocenters. The summed E-state index contributed by atoms with van der Waals surface area (Å²) >= 11 is 0. The van der Waals surface area contributed by atoms with Crippen molar-refractivity contribution in [2.24, 2.45) is 5.92 Å². The molecule has 2 fully saturated rings. The molecule has 0 aromatic carbocycles. The van der Waals surface area contributed by atoms with E-state index in [1.165, 1.54) is 0 Å². The molecule has 0 aromatic heterocycles. The Morgan fingerprint density at radius 1 is 1.11 bits per heavy atom. The second-order valence-corrected chi connectivity index (χ2v) is 5.52. The Hall–Kier alpha value is -1.26. The Labute approximate surface area is 108 Å². The standard InChI is InChI=1S/C13H22N2O3/c1-10-5-4-7-14(9-10)13(18)15-8-3-2-6-11(15)12(16)17/h10-11H,2-9H2,1H3,(H,16,17). The molecule has 2 saturated heterocycles. The number of nitrogens with zero attached hydrogens (tertiary/aromatic N) is 2. The van der Waals surface area contributed by atoms with Crippen molar-refractivity contribution in [1.82, 2.24) is 9.80 Å². The Morgan fingerprint density at radius 2 is 1.89 bits per heavy atom. The molecule has 2 rings (SSSR count). The van der Waals surface area contributed by atoms with E-state index in [0.29, 0.717) is 18.9 Å². The van der Waals surface area contributed by atoms with E-state index in [2.05, 4.69) is 6.92 Å². The zero-order valence-corrected chi connectivity index (χ0v) is 11.0. The van der Waals surface area contributed by atoms with Crippen LogP contribution < -0.4 is 0 Å². The van der Waals surface area contributed by atoms with E-state index in [1.54, 1.807) is 4.90 Å². The van der Waals surface area contributed by atoms with Crippen LogP contribution in [0, 0.1) is 5.92 Å². The second-order valence-electron chi connectivity index (χ2n) is 5.52. The van der Waals surface area contributed by atoms with Gasteiger partial charge in [0.2, 0.25) is 0 Å². The molecule has 0 radical (unpaired) electrons. The largest absolute Gasteiger partial charge is 0.480 e. The number of piperidine rings is 2. The van der Waals surface area contributed by atoms with E-state index in [9.17, 15) is 14.7 Å². The molecule has 2 heterocycles. The zero-order chi connectivity index (χ0) is 13.1. The summed E-state index contributed by atoms with van der Waals surface area (Å²) < 4.78 is 0. The molecular weight excluding hydrogens is 232 g/mol. The Morgan fingerprint density at radius 3 is 2.56 bits per heavy atom. The van der Waals surface area contributed by atoms with Crippen LogP contribution in [0.2, 0.25) is 0 Å². The van der Waals surface area contributed by atoms with Crippen LogP contribution in [0.25, 0.3) is 0 Å². The molecule has 0 spiro atoms. The lowest BCUT2D eigenvalue weighted by atomic mass is 9.99. The van der Waals surface area contributed by atoms with Gasteiger partial charge in [0.15, 0.2) is 0 Å². The molecule has 2 aliphatic rings. The number of carboxylic acid groups (broad SMARTS) is 1. The second kappa shape index (κ2) is 5.59. The Balaban J connectivity index is 2.03. The van der Waals surface area contributed by atoms with Crippen molar-refractivity contribution < 1.29 is 14.7 Å². The lowest BCUT2D eigenvalue weighted by Crippen LogP contribution is -2.54. The number of carbonyl (C=O) groups excluding carboxylic acids is 1. The summed E-state index contributed by atoms with van der Waals surface area (Å²) in [6.45, 7) is 4.26. The molecule has 1 N–H and O–H groups in total. The third-order valence-electron chi connectivity index (χ3n) is 3.96. The normalized spacial score (nSPS) is 29.2. The number of hydrogen-bond acceptors (Lipinski definition) is 2. The Bertz CT molecular complexity index is 332. The number of aliphatic carboxylic acids is 1. The zero-order valence-electron chi connectivity index (χ0n) is 11.0. The van der Waals surface area contributed by atoms with E-state index in [1.807, 2.05) is 4.90 Å². The first-order chi connectivity index (χ1) is 8.59. The monoisotopic (exact) mass is 254 g/mol. The predicted molar refractivity (Wildman–Crippen MR) is 67.3 cm³/mol. The molecule has 2 aliphatic heterocycles. The van der Waals surface area contributed by atoms with E-state index < -0.39 is 12.0 Å². The molecular formula is C13H22N2O3. The molecule has 0 aliphatic carbocycles. The third-order valence-corrected chi connectivity index (χ3v) is 3.96. The highest BCUT2D eigenvalue weighted by Crippen LogP contribution is 2.22. The van der Waals surface area contributed by atoms with Gasteiger partial charge in [-0.05, 0) is 38.0 Å². The molecule has 102 valence electrons. The molecule has 2 amide bonds. The highest BCUT2D eigenvalue weighted by molar-refractivity contribution is 5.83. The van der Waals surface area contributed by atoms with Crippen LogP contribution in [0.15, 0.2) is 0 Å². The lowest BCUT2D eigenvalue weighted by Gasteiger charge is -2.39. The molecule has 2 unspecified atom stereocenters.